The lowest BCUT2D eigenvalue weighted by molar-refractivity contribution is 1.31. The molecule has 6 heteroatoms. The zero-order chi connectivity index (χ0) is 10.3. The molecule has 2 aromatic heterocycles. The van der Waals surface area contributed by atoms with Crippen molar-refractivity contribution in [2.24, 2.45) is 0 Å². The van der Waals surface area contributed by atoms with Gasteiger partial charge in [0.15, 0.2) is 0 Å². The summed E-state index contributed by atoms with van der Waals surface area (Å²) in [6.45, 7) is 0. The molecule has 2 heterocycles. The van der Waals surface area contributed by atoms with E-state index in [1.54, 1.807) is 15.7 Å². The smallest absolute Gasteiger partial charge is 0.320 e. The maximum absolute atomic E-state index is 8.88. The van der Waals surface area contributed by atoms with Crippen molar-refractivity contribution in [3.05, 3.63) is 22.8 Å². The average molecular weight is 219 g/mol. The van der Waals surface area contributed by atoms with Gasteiger partial charge in [0.1, 0.15) is 22.3 Å². The Balaban J connectivity index is 2.98. The number of hydrogen-bond donors (Lipinski definition) is 1. The van der Waals surface area contributed by atoms with Crippen LogP contribution in [0.25, 0.3) is 11.0 Å². The van der Waals surface area contributed by atoms with Crippen molar-refractivity contribution in [3.8, 4) is 6.07 Å². The largest absolute Gasteiger partial charge is 0.437 e. The molecule has 0 aromatic carbocycles. The minimum absolute atomic E-state index is 0.351. The number of nitrogen functional groups attached to an aromatic ring is 1. The highest BCUT2D eigenvalue weighted by atomic mass is 35.5. The quantitative estimate of drug-likeness (QED) is 0.531. The van der Waals surface area contributed by atoms with Gasteiger partial charge in [-0.1, -0.05) is 11.6 Å². The Bertz CT molecular complexity index is 554. The number of fused-ring (bicyclic) bond motifs is 1. The number of aromatic nitrogens is 2. The highest BCUT2D eigenvalue weighted by molar-refractivity contribution is 6.30. The topological polar surface area (TPSA) is 67.6 Å². The number of hydrogen-bond acceptors (Lipinski definition) is 3. The molecule has 0 atom stereocenters. The minimum Gasteiger partial charge on any atom is -0.437 e. The maximum atomic E-state index is 8.88. The fraction of sp³-hybridized carbons (Fsp3) is 0. The van der Waals surface area contributed by atoms with E-state index >= 15 is 0 Å². The molecule has 0 aliphatic heterocycles. The van der Waals surface area contributed by atoms with E-state index in [4.69, 9.17) is 22.6 Å². The number of halogens is 1. The van der Waals surface area contributed by atoms with Crippen molar-refractivity contribution in [1.29, 1.82) is 5.26 Å². The van der Waals surface area contributed by atoms with Gasteiger partial charge in [-0.3, -0.25) is 0 Å². The van der Waals surface area contributed by atoms with E-state index in [2.05, 4.69) is 21.5 Å². The molecular weight excluding hydrogens is 215 g/mol. The van der Waals surface area contributed by atoms with Crippen molar-refractivity contribution in [3.63, 3.8) is 0 Å². The standard InChI is InChI=1S/C8H4ClN4.Al/c9-6-2-1-5-7(13-6)4(3-10)8(11)12-5;/h1-2H,11H2;/q-1;+1. The molecule has 2 radical (unpaired) electrons. The van der Waals surface area contributed by atoms with Crippen LogP contribution in [0, 0.1) is 11.3 Å². The fourth-order valence-electron chi connectivity index (χ4n) is 1.29. The molecule has 0 bridgehead atoms. The van der Waals surface area contributed by atoms with E-state index in [9.17, 15) is 0 Å². The second kappa shape index (κ2) is 3.18. The van der Waals surface area contributed by atoms with Crippen LogP contribution < -0.4 is 5.73 Å². The van der Waals surface area contributed by atoms with E-state index in [1.165, 1.54) is 0 Å². The van der Waals surface area contributed by atoms with Crippen molar-refractivity contribution in [2.45, 2.75) is 0 Å². The normalized spacial score (nSPS) is 10.3. The van der Waals surface area contributed by atoms with Gasteiger partial charge < -0.3 is 9.28 Å². The van der Waals surface area contributed by atoms with Crippen LogP contribution in [0.1, 0.15) is 5.56 Å². The molecule has 0 saturated carbocycles. The second-order valence-electron chi connectivity index (χ2n) is 2.74. The Morgan fingerprint density at radius 3 is 2.93 bits per heavy atom. The lowest BCUT2D eigenvalue weighted by Gasteiger charge is -1.98. The van der Waals surface area contributed by atoms with E-state index in [-0.39, 0.29) is 0 Å². The number of nitrogens with zero attached hydrogens (tertiary/aromatic N) is 3. The van der Waals surface area contributed by atoms with Crippen LogP contribution >= 0.6 is 11.6 Å². The van der Waals surface area contributed by atoms with E-state index < -0.39 is 0 Å². The first-order chi connectivity index (χ1) is 6.65. The molecular formula is C8H4AlClN4. The van der Waals surface area contributed by atoms with Gasteiger partial charge in [-0.25, -0.2) is 4.98 Å². The van der Waals surface area contributed by atoms with E-state index in [1.807, 2.05) is 6.07 Å². The molecule has 0 unspecified atom stereocenters. The number of nitriles is 1. The Labute approximate surface area is 93.5 Å². The monoisotopic (exact) mass is 218 g/mol. The van der Waals surface area contributed by atoms with Gasteiger partial charge >= 0.3 is 16.5 Å². The first-order valence-electron chi connectivity index (χ1n) is 3.76. The SMILES string of the molecule is N#Cc1c(N)[n]([Al])c2ccc(Cl)nc12. The highest BCUT2D eigenvalue weighted by Gasteiger charge is 2.12. The highest BCUT2D eigenvalue weighted by Crippen LogP contribution is 2.25. The molecule has 66 valence electrons. The van der Waals surface area contributed by atoms with Gasteiger partial charge in [-0.15, -0.1) is 0 Å². The summed E-state index contributed by atoms with van der Waals surface area (Å²) in [5.74, 6) is 0.377. The van der Waals surface area contributed by atoms with Crippen LogP contribution in [-0.4, -0.2) is 25.0 Å². The molecule has 4 nitrogen and oxygen atoms in total. The Morgan fingerprint density at radius 1 is 1.57 bits per heavy atom. The average Bonchev–Trinajstić information content (AvgIpc) is 2.39. The number of pyridine rings is 1. The van der Waals surface area contributed by atoms with Crippen molar-refractivity contribution < 1.29 is 0 Å². The van der Waals surface area contributed by atoms with Gasteiger partial charge in [0.05, 0.1) is 5.82 Å². The Morgan fingerprint density at radius 2 is 2.29 bits per heavy atom. The summed E-state index contributed by atoms with van der Waals surface area (Å²) in [6, 6.07) is 5.44. The van der Waals surface area contributed by atoms with Crippen LogP contribution in [-0.2, 0) is 0 Å². The summed E-state index contributed by atoms with van der Waals surface area (Å²) < 4.78 is 1.64. The van der Waals surface area contributed by atoms with Crippen molar-refractivity contribution in [2.75, 3.05) is 5.73 Å². The molecule has 2 rings (SSSR count). The summed E-state index contributed by atoms with van der Waals surface area (Å²) in [6.07, 6.45) is 0. The van der Waals surface area contributed by atoms with Crippen LogP contribution in [0.2, 0.25) is 5.15 Å². The fourth-order valence-corrected chi connectivity index (χ4v) is 1.77. The molecule has 0 spiro atoms. The Hall–Kier alpha value is -1.20. The van der Waals surface area contributed by atoms with E-state index in [0.29, 0.717) is 22.1 Å². The van der Waals surface area contributed by atoms with Crippen LogP contribution in [0.15, 0.2) is 12.1 Å². The third-order valence-corrected chi connectivity index (χ3v) is 2.73. The van der Waals surface area contributed by atoms with Gasteiger partial charge in [-0.2, -0.15) is 5.26 Å². The molecule has 0 aliphatic rings. The van der Waals surface area contributed by atoms with Gasteiger partial charge in [0.2, 0.25) is 0 Å². The van der Waals surface area contributed by atoms with E-state index in [0.717, 1.165) is 5.52 Å². The summed E-state index contributed by atoms with van der Waals surface area (Å²) >= 11 is 8.16. The summed E-state index contributed by atoms with van der Waals surface area (Å²) in [7, 11) is 0. The van der Waals surface area contributed by atoms with Crippen LogP contribution in [0.3, 0.4) is 0 Å². The molecule has 0 aliphatic carbocycles. The third kappa shape index (κ3) is 1.17. The van der Waals surface area contributed by atoms with Crippen LogP contribution in [0.4, 0.5) is 5.82 Å². The summed E-state index contributed by atoms with van der Waals surface area (Å²) in [5, 5.41) is 9.24. The summed E-state index contributed by atoms with van der Waals surface area (Å²) in [4.78, 5) is 4.06. The second-order valence-corrected chi connectivity index (χ2v) is 3.65. The predicted octanol–water partition coefficient (Wildman–Crippen LogP) is 1.08. The molecule has 0 saturated heterocycles. The maximum Gasteiger partial charge on any atom is 0.320 e. The Kier molecular flexibility index (Phi) is 2.13. The molecule has 0 amide bonds. The zero-order valence-corrected chi connectivity index (χ0v) is 8.94. The lowest BCUT2D eigenvalue weighted by Crippen LogP contribution is -1.98. The zero-order valence-electron chi connectivity index (χ0n) is 7.03. The van der Waals surface area contributed by atoms with Gasteiger partial charge in [-0.05, 0) is 12.1 Å². The molecule has 14 heavy (non-hydrogen) atoms. The molecule has 0 fully saturated rings. The van der Waals surface area contributed by atoms with Crippen molar-refractivity contribution in [1.82, 2.24) is 8.53 Å². The predicted molar refractivity (Wildman–Crippen MR) is 55.0 cm³/mol. The lowest BCUT2D eigenvalue weighted by atomic mass is 10.3. The number of rotatable bonds is 0. The van der Waals surface area contributed by atoms with Gasteiger partial charge in [0.25, 0.3) is 0 Å². The van der Waals surface area contributed by atoms with Crippen molar-refractivity contribution >= 4 is 45.0 Å². The third-order valence-electron chi connectivity index (χ3n) is 1.96. The van der Waals surface area contributed by atoms with Crippen LogP contribution in [0.5, 0.6) is 0 Å². The summed E-state index contributed by atoms with van der Waals surface area (Å²) in [5.41, 5.74) is 7.38. The number of anilines is 1. The first-order valence-corrected chi connectivity index (χ1v) is 4.66. The number of nitrogens with two attached hydrogens (primary N) is 1. The molecule has 2 N–H and O–H groups in total. The minimum atomic E-state index is 0.351. The molecule has 2 aromatic rings. The first kappa shape index (κ1) is 9.36. The van der Waals surface area contributed by atoms with Gasteiger partial charge in [0, 0.05) is 5.52 Å².